The Balaban J connectivity index is 0.956. The summed E-state index contributed by atoms with van der Waals surface area (Å²) >= 11 is 0. The number of nitrogens with zero attached hydrogens (tertiary/aromatic N) is 2. The van der Waals surface area contributed by atoms with E-state index in [4.69, 9.17) is 28.4 Å². The van der Waals surface area contributed by atoms with E-state index in [-0.39, 0.29) is 47.4 Å². The minimum atomic E-state index is -4.66. The van der Waals surface area contributed by atoms with Gasteiger partial charge in [0.25, 0.3) is 0 Å². The Kier molecular flexibility index (Phi) is 9.89. The fraction of sp³-hybridized carbons (Fsp3) is 0.415. The zero-order valence-electron chi connectivity index (χ0n) is 30.2. The van der Waals surface area contributed by atoms with Gasteiger partial charge in [0.2, 0.25) is 0 Å². The van der Waals surface area contributed by atoms with Gasteiger partial charge in [-0.3, -0.25) is 0 Å². The van der Waals surface area contributed by atoms with Crippen LogP contribution in [0.3, 0.4) is 0 Å². The molecule has 4 heterocycles. The third-order valence-corrected chi connectivity index (χ3v) is 10.2. The molecule has 0 saturated carbocycles. The highest BCUT2D eigenvalue weighted by Crippen LogP contribution is 2.43. The maximum atomic E-state index is 14.3. The molecule has 14 heteroatoms. The van der Waals surface area contributed by atoms with Crippen molar-refractivity contribution in [1.82, 2.24) is 0 Å². The Morgan fingerprint density at radius 1 is 0.509 bits per heavy atom. The Hall–Kier alpha value is -4.50. The zero-order valence-corrected chi connectivity index (χ0v) is 30.2. The lowest BCUT2D eigenvalue weighted by molar-refractivity contribution is -0.139. The normalized spacial score (nSPS) is 21.5. The first-order valence-electron chi connectivity index (χ1n) is 18.1. The van der Waals surface area contributed by atoms with Gasteiger partial charge in [-0.25, -0.2) is 0 Å². The van der Waals surface area contributed by atoms with Gasteiger partial charge in [-0.1, -0.05) is 38.1 Å². The number of benzene rings is 4. The van der Waals surface area contributed by atoms with Crippen LogP contribution in [0.2, 0.25) is 0 Å². The van der Waals surface area contributed by atoms with Gasteiger partial charge >= 0.3 is 12.4 Å². The number of halogens is 6. The number of hydrogen-bond donors (Lipinski definition) is 0. The van der Waals surface area contributed by atoms with Crippen LogP contribution in [0.1, 0.15) is 36.1 Å². The quantitative estimate of drug-likeness (QED) is 0.0827. The van der Waals surface area contributed by atoms with Crippen LogP contribution in [-0.2, 0) is 36.7 Å². The number of alkyl halides is 6. The van der Waals surface area contributed by atoms with Gasteiger partial charge in [0, 0.05) is 43.0 Å². The summed E-state index contributed by atoms with van der Waals surface area (Å²) in [7, 11) is 0. The van der Waals surface area contributed by atoms with E-state index in [1.807, 2.05) is 23.6 Å². The zero-order chi connectivity index (χ0) is 38.5. The number of epoxide rings is 4. The molecule has 4 fully saturated rings. The summed E-state index contributed by atoms with van der Waals surface area (Å²) in [4.78, 5) is 3.71. The molecule has 0 radical (unpaired) electrons. The van der Waals surface area contributed by atoms with Gasteiger partial charge in [-0.15, -0.1) is 0 Å². The fourth-order valence-corrected chi connectivity index (χ4v) is 6.60. The molecule has 0 N–H and O–H groups in total. The Labute approximate surface area is 314 Å². The molecule has 0 aromatic heterocycles. The molecule has 4 atom stereocenters. The van der Waals surface area contributed by atoms with Crippen LogP contribution in [0.5, 0.6) is 23.0 Å². The van der Waals surface area contributed by atoms with Crippen LogP contribution < -0.4 is 19.3 Å². The maximum Gasteiger partial charge on any atom is 0.420 e. The summed E-state index contributed by atoms with van der Waals surface area (Å²) in [6.45, 7) is 8.16. The van der Waals surface area contributed by atoms with Gasteiger partial charge in [-0.2, -0.15) is 26.3 Å². The second-order valence-electron chi connectivity index (χ2n) is 14.9. The van der Waals surface area contributed by atoms with E-state index in [9.17, 15) is 26.3 Å². The van der Waals surface area contributed by atoms with Gasteiger partial charge in [0.15, 0.2) is 0 Å². The SMILES string of the molecule is CC(C)(c1ccc(Oc2ccc(N(CC3CO3)CC3CO3)cc2C(F)(F)F)cc1)c1ccc(Oc2ccc(N(CC3CO3)CC3CO3)cc2C(F)(F)F)cc1. The number of hydrogen-bond acceptors (Lipinski definition) is 8. The van der Waals surface area contributed by atoms with E-state index >= 15 is 0 Å². The van der Waals surface area contributed by atoms with Crippen molar-refractivity contribution >= 4 is 11.4 Å². The predicted octanol–water partition coefficient (Wildman–Crippen LogP) is 8.84. The van der Waals surface area contributed by atoms with Gasteiger partial charge in [-0.05, 0) is 71.8 Å². The topological polar surface area (TPSA) is 75.1 Å². The molecular formula is C41H40F6N2O6. The van der Waals surface area contributed by atoms with Crippen molar-refractivity contribution in [3.8, 4) is 23.0 Å². The van der Waals surface area contributed by atoms with Gasteiger partial charge in [0.05, 0.1) is 50.8 Å². The number of anilines is 2. The van der Waals surface area contributed by atoms with Crippen molar-refractivity contribution in [2.24, 2.45) is 0 Å². The third-order valence-electron chi connectivity index (χ3n) is 10.2. The van der Waals surface area contributed by atoms with Gasteiger partial charge < -0.3 is 38.2 Å². The largest absolute Gasteiger partial charge is 0.457 e. The summed E-state index contributed by atoms with van der Waals surface area (Å²) < 4.78 is 119. The lowest BCUT2D eigenvalue weighted by Crippen LogP contribution is -2.31. The fourth-order valence-electron chi connectivity index (χ4n) is 6.60. The molecule has 8 rings (SSSR count). The Bertz CT molecular complexity index is 1800. The Morgan fingerprint density at radius 3 is 1.09 bits per heavy atom. The van der Waals surface area contributed by atoms with E-state index < -0.39 is 28.9 Å². The van der Waals surface area contributed by atoms with Crippen LogP contribution in [0.4, 0.5) is 37.7 Å². The van der Waals surface area contributed by atoms with E-state index in [2.05, 4.69) is 0 Å². The molecule has 0 amide bonds. The average Bonchev–Trinajstić information content (AvgIpc) is 3.93. The van der Waals surface area contributed by atoms with Crippen LogP contribution in [0.15, 0.2) is 84.9 Å². The second-order valence-corrected chi connectivity index (χ2v) is 14.9. The lowest BCUT2D eigenvalue weighted by Gasteiger charge is -2.27. The Morgan fingerprint density at radius 2 is 0.818 bits per heavy atom. The smallest absolute Gasteiger partial charge is 0.420 e. The molecular weight excluding hydrogens is 730 g/mol. The van der Waals surface area contributed by atoms with Crippen LogP contribution in [0.25, 0.3) is 0 Å². The van der Waals surface area contributed by atoms with E-state index in [1.165, 1.54) is 12.1 Å². The standard InChI is InChI=1S/C41H40F6N2O6/c1-39(2,25-3-9-29(10-4-25)54-37-13-7-27(15-35(37)40(42,43)44)48(17-31-21-50-31)18-32-22-51-32)26-5-11-30(12-6-26)55-38-14-8-28(16-36(38)41(45,46)47)49(19-33-23-52-33)20-34-24-53-34/h3-16,31-34H,17-24H2,1-2H3. The van der Waals surface area contributed by atoms with E-state index in [0.29, 0.717) is 64.0 Å². The molecule has 4 aliphatic rings. The molecule has 0 aliphatic carbocycles. The summed E-state index contributed by atoms with van der Waals surface area (Å²) in [5.74, 6) is -0.170. The first-order chi connectivity index (χ1) is 26.2. The molecule has 4 aromatic carbocycles. The van der Waals surface area contributed by atoms with Crippen LogP contribution >= 0.6 is 0 Å². The molecule has 0 spiro atoms. The third kappa shape index (κ3) is 9.31. The monoisotopic (exact) mass is 770 g/mol. The minimum Gasteiger partial charge on any atom is -0.457 e. The molecule has 4 unspecified atom stereocenters. The lowest BCUT2D eigenvalue weighted by atomic mass is 9.78. The summed E-state index contributed by atoms with van der Waals surface area (Å²) in [6, 6.07) is 21.7. The molecule has 4 aliphatic heterocycles. The summed E-state index contributed by atoms with van der Waals surface area (Å²) in [5, 5.41) is 0. The highest BCUT2D eigenvalue weighted by atomic mass is 19.4. The van der Waals surface area contributed by atoms with Crippen molar-refractivity contribution in [1.29, 1.82) is 0 Å². The molecule has 55 heavy (non-hydrogen) atoms. The molecule has 8 nitrogen and oxygen atoms in total. The van der Waals surface area contributed by atoms with Crippen LogP contribution in [0, 0.1) is 0 Å². The molecule has 4 aromatic rings. The maximum absolute atomic E-state index is 14.3. The predicted molar refractivity (Wildman–Crippen MR) is 191 cm³/mol. The van der Waals surface area contributed by atoms with Crippen molar-refractivity contribution in [3.05, 3.63) is 107 Å². The van der Waals surface area contributed by atoms with Crippen molar-refractivity contribution in [2.45, 2.75) is 56.0 Å². The summed E-state index contributed by atoms with van der Waals surface area (Å²) in [6.07, 6.45) is -9.35. The first-order valence-corrected chi connectivity index (χ1v) is 18.1. The molecule has 4 saturated heterocycles. The van der Waals surface area contributed by atoms with Crippen molar-refractivity contribution in [3.63, 3.8) is 0 Å². The van der Waals surface area contributed by atoms with Crippen molar-refractivity contribution in [2.75, 3.05) is 62.4 Å². The number of rotatable bonds is 16. The highest BCUT2D eigenvalue weighted by molar-refractivity contribution is 5.57. The summed E-state index contributed by atoms with van der Waals surface area (Å²) in [5.41, 5.74) is 0.152. The van der Waals surface area contributed by atoms with E-state index in [1.54, 1.807) is 60.7 Å². The molecule has 0 bridgehead atoms. The first kappa shape index (κ1) is 37.4. The van der Waals surface area contributed by atoms with Gasteiger partial charge in [0.1, 0.15) is 34.1 Å². The van der Waals surface area contributed by atoms with Crippen LogP contribution in [-0.4, -0.2) is 77.0 Å². The highest BCUT2D eigenvalue weighted by Gasteiger charge is 2.39. The van der Waals surface area contributed by atoms with Crippen molar-refractivity contribution < 1.29 is 54.8 Å². The van der Waals surface area contributed by atoms with E-state index in [0.717, 1.165) is 23.3 Å². The average molecular weight is 771 g/mol. The minimum absolute atomic E-state index is 0.00915. The number of ether oxygens (including phenoxy) is 6. The molecule has 292 valence electrons. The second kappa shape index (κ2) is 14.5.